The van der Waals surface area contributed by atoms with Crippen LogP contribution in [0.5, 0.6) is 0 Å². The highest BCUT2D eigenvalue weighted by Crippen LogP contribution is 2.57. The SMILES string of the molecule is CCC1C(N2CCC3(CC2)OC(=O)N(CCF)C3(C)C)CC12CCN(C(=O)O)C2. The summed E-state index contributed by atoms with van der Waals surface area (Å²) in [6.45, 7) is 8.76. The molecule has 7 nitrogen and oxygen atoms in total. The molecule has 1 saturated carbocycles. The lowest BCUT2D eigenvalue weighted by atomic mass is 9.54. The van der Waals surface area contributed by atoms with Gasteiger partial charge in [-0.15, -0.1) is 0 Å². The molecule has 4 fully saturated rings. The summed E-state index contributed by atoms with van der Waals surface area (Å²) in [7, 11) is 0. The lowest BCUT2D eigenvalue weighted by Crippen LogP contribution is -2.65. The summed E-state index contributed by atoms with van der Waals surface area (Å²) < 4.78 is 18.8. The van der Waals surface area contributed by atoms with Crippen LogP contribution in [-0.4, -0.2) is 88.6 Å². The van der Waals surface area contributed by atoms with Gasteiger partial charge in [0, 0.05) is 45.1 Å². The van der Waals surface area contributed by atoms with Crippen molar-refractivity contribution in [1.82, 2.24) is 14.7 Å². The maximum absolute atomic E-state index is 12.9. The van der Waals surface area contributed by atoms with E-state index in [0.29, 0.717) is 25.0 Å². The van der Waals surface area contributed by atoms with Crippen LogP contribution < -0.4 is 0 Å². The van der Waals surface area contributed by atoms with E-state index < -0.39 is 30.0 Å². The number of carboxylic acid groups (broad SMARTS) is 1. The lowest BCUT2D eigenvalue weighted by molar-refractivity contribution is -0.112. The molecule has 4 aliphatic rings. The van der Waals surface area contributed by atoms with Gasteiger partial charge in [-0.3, -0.25) is 9.80 Å². The van der Waals surface area contributed by atoms with Crippen molar-refractivity contribution in [2.75, 3.05) is 39.4 Å². The van der Waals surface area contributed by atoms with Crippen LogP contribution >= 0.6 is 0 Å². The second-order valence-corrected chi connectivity index (χ2v) is 9.90. The number of hydrogen-bond acceptors (Lipinski definition) is 4. The van der Waals surface area contributed by atoms with E-state index in [1.54, 1.807) is 9.80 Å². The third kappa shape index (κ3) is 2.93. The number of rotatable bonds is 4. The van der Waals surface area contributed by atoms with Gasteiger partial charge in [-0.2, -0.15) is 0 Å². The molecule has 1 aliphatic carbocycles. The zero-order chi connectivity index (χ0) is 21.0. The van der Waals surface area contributed by atoms with Crippen molar-refractivity contribution in [3.8, 4) is 0 Å². The van der Waals surface area contributed by atoms with Gasteiger partial charge in [0.25, 0.3) is 0 Å². The summed E-state index contributed by atoms with van der Waals surface area (Å²) in [5, 5.41) is 9.33. The summed E-state index contributed by atoms with van der Waals surface area (Å²) in [4.78, 5) is 29.4. The fourth-order valence-electron chi connectivity index (χ4n) is 6.78. The molecule has 0 aromatic heterocycles. The van der Waals surface area contributed by atoms with E-state index in [1.165, 1.54) is 0 Å². The minimum Gasteiger partial charge on any atom is -0.465 e. The third-order valence-electron chi connectivity index (χ3n) is 8.64. The first-order valence-electron chi connectivity index (χ1n) is 11.0. The zero-order valence-electron chi connectivity index (χ0n) is 17.8. The van der Waals surface area contributed by atoms with Crippen LogP contribution in [0.3, 0.4) is 0 Å². The number of carbonyl (C=O) groups is 2. The second kappa shape index (κ2) is 7.00. The van der Waals surface area contributed by atoms with Crippen molar-refractivity contribution < 1.29 is 23.8 Å². The maximum atomic E-state index is 12.9. The van der Waals surface area contributed by atoms with Crippen LogP contribution in [0.2, 0.25) is 0 Å². The van der Waals surface area contributed by atoms with Crippen LogP contribution in [0, 0.1) is 11.3 Å². The minimum absolute atomic E-state index is 0.0838. The van der Waals surface area contributed by atoms with Gasteiger partial charge in [0.2, 0.25) is 0 Å². The molecule has 0 bridgehead atoms. The van der Waals surface area contributed by atoms with E-state index in [1.807, 2.05) is 13.8 Å². The van der Waals surface area contributed by atoms with Gasteiger partial charge in [0.1, 0.15) is 12.3 Å². The van der Waals surface area contributed by atoms with Crippen LogP contribution in [-0.2, 0) is 4.74 Å². The Hall–Kier alpha value is -1.57. The molecule has 4 rings (SSSR count). The molecule has 2 amide bonds. The molecule has 2 spiro atoms. The maximum Gasteiger partial charge on any atom is 0.411 e. The fraction of sp³-hybridized carbons (Fsp3) is 0.905. The standard InChI is InChI=1S/C21H34FN3O4/c1-4-15-16(13-20(15)5-9-24(14-20)17(26)27)23-10-6-21(7-11-23)19(2,3)25(12-8-22)18(28)29-21/h15-16H,4-14H2,1-3H3,(H,26,27). The number of amides is 2. The average Bonchev–Trinajstić information content (AvgIpc) is 3.18. The number of halogens is 1. The minimum atomic E-state index is -0.803. The Morgan fingerprint density at radius 2 is 1.93 bits per heavy atom. The molecule has 164 valence electrons. The third-order valence-corrected chi connectivity index (χ3v) is 8.64. The number of nitrogens with zero attached hydrogens (tertiary/aromatic N) is 3. The quantitative estimate of drug-likeness (QED) is 0.769. The van der Waals surface area contributed by atoms with Crippen molar-refractivity contribution >= 4 is 12.2 Å². The predicted molar refractivity (Wildman–Crippen MR) is 106 cm³/mol. The van der Waals surface area contributed by atoms with Crippen LogP contribution in [0.4, 0.5) is 14.0 Å². The molecule has 0 radical (unpaired) electrons. The fourth-order valence-corrected chi connectivity index (χ4v) is 6.78. The van der Waals surface area contributed by atoms with E-state index >= 15 is 0 Å². The molecule has 8 heteroatoms. The first kappa shape index (κ1) is 20.7. The van der Waals surface area contributed by atoms with E-state index in [-0.39, 0.29) is 12.0 Å². The summed E-state index contributed by atoms with van der Waals surface area (Å²) in [5.74, 6) is 0.517. The van der Waals surface area contributed by atoms with Gasteiger partial charge in [-0.25, -0.2) is 14.0 Å². The Kier molecular flexibility index (Phi) is 4.99. The van der Waals surface area contributed by atoms with E-state index in [4.69, 9.17) is 4.74 Å². The normalized spacial score (nSPS) is 35.9. The van der Waals surface area contributed by atoms with Crippen LogP contribution in [0.1, 0.15) is 52.9 Å². The Morgan fingerprint density at radius 1 is 1.24 bits per heavy atom. The summed E-state index contributed by atoms with van der Waals surface area (Å²) in [6.07, 6.45) is 3.41. The van der Waals surface area contributed by atoms with Crippen molar-refractivity contribution in [1.29, 1.82) is 0 Å². The van der Waals surface area contributed by atoms with Gasteiger partial charge in [-0.1, -0.05) is 13.3 Å². The van der Waals surface area contributed by atoms with Crippen molar-refractivity contribution in [2.24, 2.45) is 11.3 Å². The first-order valence-corrected chi connectivity index (χ1v) is 11.0. The Bertz CT molecular complexity index is 679. The number of carbonyl (C=O) groups excluding carboxylic acids is 1. The molecule has 3 heterocycles. The van der Waals surface area contributed by atoms with Gasteiger partial charge in [0.15, 0.2) is 0 Å². The molecule has 29 heavy (non-hydrogen) atoms. The highest BCUT2D eigenvalue weighted by atomic mass is 19.1. The number of hydrogen-bond donors (Lipinski definition) is 1. The highest BCUT2D eigenvalue weighted by Gasteiger charge is 2.62. The molecule has 3 atom stereocenters. The van der Waals surface area contributed by atoms with E-state index in [2.05, 4.69) is 11.8 Å². The highest BCUT2D eigenvalue weighted by molar-refractivity contribution is 5.72. The molecule has 0 aromatic carbocycles. The number of likely N-dealkylation sites (tertiary alicyclic amines) is 2. The monoisotopic (exact) mass is 411 g/mol. The molecule has 1 N–H and O–H groups in total. The smallest absolute Gasteiger partial charge is 0.411 e. The average molecular weight is 412 g/mol. The molecule has 0 aromatic rings. The van der Waals surface area contributed by atoms with Crippen LogP contribution in [0.25, 0.3) is 0 Å². The van der Waals surface area contributed by atoms with Gasteiger partial charge >= 0.3 is 12.2 Å². The molecule has 3 saturated heterocycles. The largest absolute Gasteiger partial charge is 0.465 e. The Labute approximate surface area is 172 Å². The molecular weight excluding hydrogens is 377 g/mol. The summed E-state index contributed by atoms with van der Waals surface area (Å²) in [6, 6.07) is 0.480. The topological polar surface area (TPSA) is 73.3 Å². The van der Waals surface area contributed by atoms with E-state index in [9.17, 15) is 19.1 Å². The number of ether oxygens (including phenoxy) is 1. The van der Waals surface area contributed by atoms with Crippen LogP contribution in [0.15, 0.2) is 0 Å². The molecule has 3 unspecified atom stereocenters. The van der Waals surface area contributed by atoms with Crippen molar-refractivity contribution in [3.05, 3.63) is 0 Å². The predicted octanol–water partition coefficient (Wildman–Crippen LogP) is 3.19. The summed E-state index contributed by atoms with van der Waals surface area (Å²) >= 11 is 0. The first-order chi connectivity index (χ1) is 13.7. The second-order valence-electron chi connectivity index (χ2n) is 9.90. The van der Waals surface area contributed by atoms with Gasteiger partial charge in [-0.05, 0) is 38.0 Å². The molecular formula is C21H34FN3O4. The van der Waals surface area contributed by atoms with Crippen molar-refractivity contribution in [3.63, 3.8) is 0 Å². The molecule has 3 aliphatic heterocycles. The van der Waals surface area contributed by atoms with Gasteiger partial charge < -0.3 is 14.7 Å². The Morgan fingerprint density at radius 3 is 2.48 bits per heavy atom. The van der Waals surface area contributed by atoms with Gasteiger partial charge in [0.05, 0.1) is 12.1 Å². The summed E-state index contributed by atoms with van der Waals surface area (Å²) in [5.41, 5.74) is -0.920. The zero-order valence-corrected chi connectivity index (χ0v) is 17.8. The number of piperidine rings is 1. The lowest BCUT2D eigenvalue weighted by Gasteiger charge is -2.59. The van der Waals surface area contributed by atoms with Crippen molar-refractivity contribution in [2.45, 2.75) is 70.1 Å². The van der Waals surface area contributed by atoms with E-state index in [0.717, 1.165) is 45.2 Å². The number of alkyl halides is 1. The Balaban J connectivity index is 1.41.